The number of likely N-dealkylation sites (tertiary alicyclic amines) is 2. The van der Waals surface area contributed by atoms with Gasteiger partial charge in [0.25, 0.3) is 23.6 Å². The molecule has 6 aliphatic rings. The van der Waals surface area contributed by atoms with Crippen molar-refractivity contribution in [2.75, 3.05) is 88.3 Å². The Morgan fingerprint density at radius 2 is 0.810 bits per heavy atom. The number of halogens is 2. The monoisotopic (exact) mass is 1120 g/mol. The minimum absolute atomic E-state index is 0. The van der Waals surface area contributed by atoms with Gasteiger partial charge in [-0.2, -0.15) is 0 Å². The Morgan fingerprint density at radius 1 is 0.468 bits per heavy atom. The van der Waals surface area contributed by atoms with Gasteiger partial charge in [-0.3, -0.25) is 19.2 Å². The van der Waals surface area contributed by atoms with E-state index in [0.29, 0.717) is 96.5 Å². The van der Waals surface area contributed by atoms with Crippen LogP contribution in [0, 0.1) is 13.8 Å². The second kappa shape index (κ2) is 25.9. The second-order valence-electron chi connectivity index (χ2n) is 20.3. The van der Waals surface area contributed by atoms with Crippen LogP contribution < -0.4 is 20.4 Å². The molecule has 6 fully saturated rings. The van der Waals surface area contributed by atoms with E-state index in [1.165, 1.54) is 9.80 Å². The second-order valence-corrected chi connectivity index (χ2v) is 21.1. The third-order valence-electron chi connectivity index (χ3n) is 14.9. The fourth-order valence-electron chi connectivity index (χ4n) is 10.3. The van der Waals surface area contributed by atoms with Gasteiger partial charge in [0, 0.05) is 91.4 Å². The number of piperazine rings is 2. The van der Waals surface area contributed by atoms with Gasteiger partial charge in [0.05, 0.1) is 32.5 Å². The van der Waals surface area contributed by atoms with Crippen LogP contribution in [0.25, 0.3) is 0 Å². The average Bonchev–Trinajstić information content (AvgIpc) is 3.91. The molecule has 20 nitrogen and oxygen atoms in total. The van der Waals surface area contributed by atoms with Gasteiger partial charge in [-0.25, -0.2) is 19.2 Å². The van der Waals surface area contributed by atoms with Gasteiger partial charge in [-0.05, 0) is 87.8 Å². The van der Waals surface area contributed by atoms with Crippen LogP contribution in [0.1, 0.15) is 88.9 Å². The molecule has 6 heterocycles. The maximum absolute atomic E-state index is 13.0. The number of rotatable bonds is 10. The fourth-order valence-corrected chi connectivity index (χ4v) is 11.0. The van der Waals surface area contributed by atoms with E-state index in [-0.39, 0.29) is 19.2 Å². The Morgan fingerprint density at radius 3 is 1.15 bits per heavy atom. The van der Waals surface area contributed by atoms with Crippen molar-refractivity contribution in [2.45, 2.75) is 84.7 Å². The predicted octanol–water partition coefficient (Wildman–Crippen LogP) is 7.86. The molecule has 0 radical (unpaired) electrons. The summed E-state index contributed by atoms with van der Waals surface area (Å²) in [6.45, 7) is 9.91. The molecular formula is C57H68Cl2N10O10. The van der Waals surface area contributed by atoms with Crippen LogP contribution in [-0.2, 0) is 32.1 Å². The van der Waals surface area contributed by atoms with Gasteiger partial charge in [-0.1, -0.05) is 113 Å². The van der Waals surface area contributed by atoms with Gasteiger partial charge >= 0.3 is 24.2 Å². The maximum atomic E-state index is 13.0. The molecule has 0 bridgehead atoms. The SMILES string of the molecule is C.Cc1ccc(C[C@@H]2NC(=O)N(OC(=O)N3CCN(c4cccc(C(=O)N5CCCCC5)c4Cl)CC3)C2=O)cc1.Cc1ccc(C[C@@H]2NC(=O)N(OC(=O)N3CCN(c4cccc(C(=O)N5CCCCC5)c4Cl)CC3)C2=O)cc1. The molecule has 2 atom stereocenters. The van der Waals surface area contributed by atoms with Crippen LogP contribution in [0.4, 0.5) is 30.6 Å². The number of imide groups is 2. The Hall–Kier alpha value is -7.58. The first-order valence-corrected chi connectivity index (χ1v) is 27.4. The Labute approximate surface area is 470 Å². The van der Waals surface area contributed by atoms with E-state index in [2.05, 4.69) is 10.6 Å². The van der Waals surface area contributed by atoms with Crippen molar-refractivity contribution in [3.8, 4) is 0 Å². The van der Waals surface area contributed by atoms with Crippen molar-refractivity contribution in [3.05, 3.63) is 128 Å². The molecule has 10 amide bonds. The lowest BCUT2D eigenvalue weighted by Crippen LogP contribution is -2.51. The summed E-state index contributed by atoms with van der Waals surface area (Å²) >= 11 is 13.4. The lowest BCUT2D eigenvalue weighted by atomic mass is 10.0. The van der Waals surface area contributed by atoms with E-state index in [9.17, 15) is 38.4 Å². The predicted molar refractivity (Wildman–Crippen MR) is 298 cm³/mol. The number of carbonyl (C=O) groups is 8. The Kier molecular flexibility index (Phi) is 18.9. The van der Waals surface area contributed by atoms with Gasteiger partial charge < -0.3 is 49.7 Å². The molecule has 0 aliphatic carbocycles. The molecule has 22 heteroatoms. The average molecular weight is 1120 g/mol. The molecule has 4 aromatic carbocycles. The number of hydrogen-bond acceptors (Lipinski definition) is 12. The third-order valence-corrected chi connectivity index (χ3v) is 15.7. The quantitative estimate of drug-likeness (QED) is 0.146. The normalized spacial score (nSPS) is 19.5. The van der Waals surface area contributed by atoms with Gasteiger partial charge in [0.1, 0.15) is 12.1 Å². The van der Waals surface area contributed by atoms with Crippen molar-refractivity contribution in [1.29, 1.82) is 0 Å². The standard InChI is InChI=1S/2C28H32ClN5O5.CH4/c2*1-19-8-10-20(11-9-19)18-22-26(36)34(27(37)30-22)39-28(38)33-16-14-31(15-17-33)23-7-5-6-21(24(23)29)25(35)32-12-3-2-4-13-32;/h2*5-11,22H,2-4,12-18H2,1H3,(H,30,37);1H4/t2*22-;/m00./s1. The molecular weight excluding hydrogens is 1060 g/mol. The molecule has 4 aromatic rings. The van der Waals surface area contributed by atoms with Crippen molar-refractivity contribution in [3.63, 3.8) is 0 Å². The number of nitrogens with zero attached hydrogens (tertiary/aromatic N) is 8. The number of piperidine rings is 2. The highest BCUT2D eigenvalue weighted by atomic mass is 35.5. The fraction of sp³-hybridized carbons (Fsp3) is 0.439. The molecule has 0 unspecified atom stereocenters. The van der Waals surface area contributed by atoms with E-state index in [4.69, 9.17) is 32.9 Å². The summed E-state index contributed by atoms with van der Waals surface area (Å²) in [7, 11) is 0. The first-order valence-electron chi connectivity index (χ1n) is 26.6. The molecule has 0 aromatic heterocycles. The minimum atomic E-state index is -0.799. The van der Waals surface area contributed by atoms with Crippen molar-refractivity contribution >= 4 is 82.5 Å². The van der Waals surface area contributed by atoms with Crippen molar-refractivity contribution < 1.29 is 48.0 Å². The number of carbonyl (C=O) groups excluding carboxylic acids is 8. The first-order chi connectivity index (χ1) is 37.6. The van der Waals surface area contributed by atoms with Gasteiger partial charge in [0.2, 0.25) is 0 Å². The number of urea groups is 2. The summed E-state index contributed by atoms with van der Waals surface area (Å²) < 4.78 is 0. The zero-order chi connectivity index (χ0) is 55.0. The minimum Gasteiger partial charge on any atom is -0.367 e. The summed E-state index contributed by atoms with van der Waals surface area (Å²) in [6.07, 6.45) is 5.33. The zero-order valence-corrected chi connectivity index (χ0v) is 45.3. The van der Waals surface area contributed by atoms with Crippen LogP contribution in [0.3, 0.4) is 0 Å². The molecule has 2 N–H and O–H groups in total. The highest BCUT2D eigenvalue weighted by Gasteiger charge is 2.44. The summed E-state index contributed by atoms with van der Waals surface area (Å²) in [5.74, 6) is -1.32. The highest BCUT2D eigenvalue weighted by molar-refractivity contribution is 6.37. The van der Waals surface area contributed by atoms with Crippen LogP contribution in [0.2, 0.25) is 10.0 Å². The third kappa shape index (κ3) is 13.5. The lowest BCUT2D eigenvalue weighted by molar-refractivity contribution is -0.152. The summed E-state index contributed by atoms with van der Waals surface area (Å²) in [5, 5.41) is 7.01. The van der Waals surface area contributed by atoms with Crippen LogP contribution >= 0.6 is 23.2 Å². The van der Waals surface area contributed by atoms with Crippen LogP contribution in [-0.4, -0.2) is 168 Å². The van der Waals surface area contributed by atoms with Gasteiger partial charge in [0.15, 0.2) is 0 Å². The molecule has 420 valence electrons. The van der Waals surface area contributed by atoms with Crippen LogP contribution in [0.15, 0.2) is 84.9 Å². The molecule has 79 heavy (non-hydrogen) atoms. The summed E-state index contributed by atoms with van der Waals surface area (Å²) in [6, 6.07) is 23.1. The van der Waals surface area contributed by atoms with Gasteiger partial charge in [-0.15, -0.1) is 0 Å². The first kappa shape index (κ1) is 57.6. The maximum Gasteiger partial charge on any atom is 0.434 e. The zero-order valence-electron chi connectivity index (χ0n) is 43.8. The topological polar surface area (TPSA) is 205 Å². The van der Waals surface area contributed by atoms with E-state index >= 15 is 0 Å². The summed E-state index contributed by atoms with van der Waals surface area (Å²) in [5.41, 5.74) is 6.41. The van der Waals surface area contributed by atoms with E-state index in [0.717, 1.165) is 98.3 Å². The van der Waals surface area contributed by atoms with E-state index in [1.807, 2.05) is 106 Å². The Bertz CT molecular complexity index is 2710. The summed E-state index contributed by atoms with van der Waals surface area (Å²) in [4.78, 5) is 123. The number of amides is 10. The molecule has 0 saturated carbocycles. The van der Waals surface area contributed by atoms with Crippen molar-refractivity contribution in [1.82, 2.24) is 40.4 Å². The van der Waals surface area contributed by atoms with E-state index in [1.54, 1.807) is 12.1 Å². The number of benzene rings is 4. The smallest absolute Gasteiger partial charge is 0.367 e. The Balaban J connectivity index is 0.000000205. The molecule has 6 aliphatic heterocycles. The number of hydrogen-bond donors (Lipinski definition) is 2. The van der Waals surface area contributed by atoms with E-state index < -0.39 is 48.1 Å². The van der Waals surface area contributed by atoms with Crippen molar-refractivity contribution in [2.24, 2.45) is 0 Å². The number of nitrogens with one attached hydrogen (secondary N) is 2. The van der Waals surface area contributed by atoms with Crippen LogP contribution in [0.5, 0.6) is 0 Å². The molecule has 10 rings (SSSR count). The molecule has 6 saturated heterocycles. The molecule has 0 spiro atoms. The number of anilines is 2. The highest BCUT2D eigenvalue weighted by Crippen LogP contribution is 2.33. The lowest BCUT2D eigenvalue weighted by Gasteiger charge is -2.36. The number of hydroxylamine groups is 4. The number of aryl methyl sites for hydroxylation is 2. The largest absolute Gasteiger partial charge is 0.434 e.